The first kappa shape index (κ1) is 10.8. The molecule has 0 aliphatic heterocycles. The third kappa shape index (κ3) is 3.13. The van der Waals surface area contributed by atoms with Gasteiger partial charge in [-0.2, -0.15) is 0 Å². The van der Waals surface area contributed by atoms with Gasteiger partial charge in [0.25, 0.3) is 0 Å². The van der Waals surface area contributed by atoms with Crippen LogP contribution in [0.15, 0.2) is 23.4 Å². The average Bonchev–Trinajstić information content (AvgIpc) is 3.04. The fourth-order valence-corrected chi connectivity index (χ4v) is 2.26. The predicted octanol–water partition coefficient (Wildman–Crippen LogP) is 3.40. The molecule has 1 aromatic heterocycles. The highest BCUT2D eigenvalue weighted by Gasteiger charge is 2.27. The van der Waals surface area contributed by atoms with Gasteiger partial charge in [0.05, 0.1) is 16.9 Å². The van der Waals surface area contributed by atoms with Gasteiger partial charge in [0.1, 0.15) is 0 Å². The maximum atomic E-state index is 4.40. The maximum absolute atomic E-state index is 4.40. The molecule has 0 bridgehead atoms. The summed E-state index contributed by atoms with van der Waals surface area (Å²) >= 11 is 1.78. The molecule has 1 N–H and O–H groups in total. The summed E-state index contributed by atoms with van der Waals surface area (Å²) in [6, 6.07) is 4.82. The van der Waals surface area contributed by atoms with Gasteiger partial charge in [-0.3, -0.25) is 0 Å². The summed E-state index contributed by atoms with van der Waals surface area (Å²) in [5.41, 5.74) is 1.15. The van der Waals surface area contributed by atoms with Crippen LogP contribution < -0.4 is 5.32 Å². The topological polar surface area (TPSA) is 24.9 Å². The van der Waals surface area contributed by atoms with Crippen molar-refractivity contribution in [1.82, 2.24) is 4.98 Å². The lowest BCUT2D eigenvalue weighted by Gasteiger charge is -2.13. The first-order valence-electron chi connectivity index (χ1n) is 5.65. The van der Waals surface area contributed by atoms with Crippen molar-refractivity contribution in [1.29, 1.82) is 0 Å². The molecule has 82 valence electrons. The van der Waals surface area contributed by atoms with Crippen molar-refractivity contribution >= 4 is 17.4 Å². The van der Waals surface area contributed by atoms with Crippen LogP contribution in [-0.2, 0) is 0 Å². The van der Waals surface area contributed by atoms with Crippen LogP contribution in [0.5, 0.6) is 0 Å². The average molecular weight is 222 g/mol. The van der Waals surface area contributed by atoms with Gasteiger partial charge in [0, 0.05) is 6.04 Å². The Bertz CT molecular complexity index is 306. The molecule has 1 aliphatic carbocycles. The van der Waals surface area contributed by atoms with Crippen LogP contribution in [0.4, 0.5) is 5.69 Å². The lowest BCUT2D eigenvalue weighted by Crippen LogP contribution is -2.17. The van der Waals surface area contributed by atoms with E-state index in [9.17, 15) is 0 Å². The molecule has 3 heteroatoms. The van der Waals surface area contributed by atoms with E-state index in [2.05, 4.69) is 36.3 Å². The molecular formula is C12H18N2S. The second-order valence-electron chi connectivity index (χ2n) is 4.09. The van der Waals surface area contributed by atoms with E-state index >= 15 is 0 Å². The molecule has 1 aromatic rings. The summed E-state index contributed by atoms with van der Waals surface area (Å²) in [4.78, 5) is 4.40. The number of nitrogens with one attached hydrogen (secondary N) is 1. The van der Waals surface area contributed by atoms with Gasteiger partial charge in [-0.05, 0) is 43.6 Å². The number of rotatable bonds is 5. The monoisotopic (exact) mass is 222 g/mol. The van der Waals surface area contributed by atoms with Gasteiger partial charge in [0.15, 0.2) is 0 Å². The second-order valence-corrected chi connectivity index (χ2v) is 5.37. The molecule has 1 heterocycles. The van der Waals surface area contributed by atoms with Gasteiger partial charge in [-0.1, -0.05) is 6.92 Å². The summed E-state index contributed by atoms with van der Waals surface area (Å²) in [6.07, 6.45) is 4.70. The first-order chi connectivity index (χ1) is 7.29. The van der Waals surface area contributed by atoms with Crippen molar-refractivity contribution in [2.75, 3.05) is 11.1 Å². The van der Waals surface area contributed by atoms with Crippen molar-refractivity contribution in [2.24, 2.45) is 5.92 Å². The largest absolute Gasteiger partial charge is 0.381 e. The molecule has 0 aromatic carbocycles. The lowest BCUT2D eigenvalue weighted by atomic mass is 10.2. The molecule has 0 saturated heterocycles. The van der Waals surface area contributed by atoms with Crippen molar-refractivity contribution in [3.8, 4) is 0 Å². The lowest BCUT2D eigenvalue weighted by molar-refractivity contribution is 0.693. The molecule has 1 atom stereocenters. The number of hydrogen-bond donors (Lipinski definition) is 1. The minimum Gasteiger partial charge on any atom is -0.381 e. The van der Waals surface area contributed by atoms with Crippen LogP contribution in [0.1, 0.15) is 26.7 Å². The van der Waals surface area contributed by atoms with Crippen molar-refractivity contribution in [3.05, 3.63) is 18.3 Å². The Morgan fingerprint density at radius 3 is 2.87 bits per heavy atom. The van der Waals surface area contributed by atoms with E-state index in [1.54, 1.807) is 11.8 Å². The van der Waals surface area contributed by atoms with Crippen LogP contribution >= 0.6 is 11.8 Å². The maximum Gasteiger partial charge on any atom is 0.0961 e. The smallest absolute Gasteiger partial charge is 0.0961 e. The van der Waals surface area contributed by atoms with Crippen molar-refractivity contribution in [3.63, 3.8) is 0 Å². The summed E-state index contributed by atoms with van der Waals surface area (Å²) < 4.78 is 0. The normalized spacial score (nSPS) is 17.5. The Labute approximate surface area is 95.9 Å². The molecule has 1 saturated carbocycles. The number of aromatic nitrogens is 1. The van der Waals surface area contributed by atoms with Gasteiger partial charge >= 0.3 is 0 Å². The Kier molecular flexibility index (Phi) is 3.52. The van der Waals surface area contributed by atoms with Gasteiger partial charge in [-0.25, -0.2) is 4.98 Å². The Hall–Kier alpha value is -0.700. The van der Waals surface area contributed by atoms with E-state index in [0.717, 1.165) is 22.4 Å². The zero-order chi connectivity index (χ0) is 10.7. The number of pyridine rings is 1. The highest BCUT2D eigenvalue weighted by molar-refractivity contribution is 7.99. The van der Waals surface area contributed by atoms with Crippen molar-refractivity contribution in [2.45, 2.75) is 37.8 Å². The minimum absolute atomic E-state index is 0.594. The highest BCUT2D eigenvalue weighted by atomic mass is 32.2. The fourth-order valence-electron chi connectivity index (χ4n) is 1.68. The molecule has 1 unspecified atom stereocenters. The molecule has 0 amide bonds. The second kappa shape index (κ2) is 4.88. The van der Waals surface area contributed by atoms with Crippen LogP contribution in [0.3, 0.4) is 0 Å². The van der Waals surface area contributed by atoms with E-state index in [1.807, 2.05) is 6.20 Å². The van der Waals surface area contributed by atoms with E-state index < -0.39 is 0 Å². The standard InChI is InChI=1S/C12H18N2S/c1-3-15-12-7-6-11(8-13-12)14-9(2)10-4-5-10/h6-10,14H,3-5H2,1-2H3. The molecule has 1 aliphatic rings. The molecule has 0 radical (unpaired) electrons. The fraction of sp³-hybridized carbons (Fsp3) is 0.583. The number of hydrogen-bond acceptors (Lipinski definition) is 3. The molecule has 0 spiro atoms. The van der Waals surface area contributed by atoms with Gasteiger partial charge in [-0.15, -0.1) is 11.8 Å². The minimum atomic E-state index is 0.594. The molecule has 15 heavy (non-hydrogen) atoms. The van der Waals surface area contributed by atoms with E-state index in [4.69, 9.17) is 0 Å². The first-order valence-corrected chi connectivity index (χ1v) is 6.63. The van der Waals surface area contributed by atoms with E-state index in [0.29, 0.717) is 6.04 Å². The summed E-state index contributed by atoms with van der Waals surface area (Å²) in [6.45, 7) is 4.40. The summed E-state index contributed by atoms with van der Waals surface area (Å²) in [5.74, 6) is 1.97. The summed E-state index contributed by atoms with van der Waals surface area (Å²) in [7, 11) is 0. The van der Waals surface area contributed by atoms with Gasteiger partial charge in [0.2, 0.25) is 0 Å². The molecule has 2 rings (SSSR count). The van der Waals surface area contributed by atoms with E-state index in [-0.39, 0.29) is 0 Å². The Morgan fingerprint density at radius 2 is 2.33 bits per heavy atom. The van der Waals surface area contributed by atoms with E-state index in [1.165, 1.54) is 12.8 Å². The zero-order valence-corrected chi connectivity index (χ0v) is 10.2. The summed E-state index contributed by atoms with van der Waals surface area (Å²) in [5, 5.41) is 4.61. The number of thioether (sulfide) groups is 1. The van der Waals surface area contributed by atoms with Gasteiger partial charge < -0.3 is 5.32 Å². The van der Waals surface area contributed by atoms with Crippen LogP contribution in [-0.4, -0.2) is 16.8 Å². The van der Waals surface area contributed by atoms with Crippen LogP contribution in [0.2, 0.25) is 0 Å². The quantitative estimate of drug-likeness (QED) is 0.773. The third-order valence-corrected chi connectivity index (χ3v) is 3.58. The highest BCUT2D eigenvalue weighted by Crippen LogP contribution is 2.33. The molecule has 1 fully saturated rings. The zero-order valence-electron chi connectivity index (χ0n) is 9.36. The Morgan fingerprint density at radius 1 is 1.53 bits per heavy atom. The molecule has 2 nitrogen and oxygen atoms in total. The SMILES string of the molecule is CCSc1ccc(NC(C)C2CC2)cn1. The Balaban J connectivity index is 1.91. The van der Waals surface area contributed by atoms with Crippen LogP contribution in [0.25, 0.3) is 0 Å². The third-order valence-electron chi connectivity index (χ3n) is 2.75. The predicted molar refractivity (Wildman–Crippen MR) is 66.4 cm³/mol. The van der Waals surface area contributed by atoms with Crippen molar-refractivity contribution < 1.29 is 0 Å². The van der Waals surface area contributed by atoms with Crippen LogP contribution in [0, 0.1) is 5.92 Å². The number of nitrogens with zero attached hydrogens (tertiary/aromatic N) is 1. The number of anilines is 1. The molecular weight excluding hydrogens is 204 g/mol.